The van der Waals surface area contributed by atoms with Gasteiger partial charge in [-0.05, 0) is 25.0 Å². The van der Waals surface area contributed by atoms with E-state index in [4.69, 9.17) is 4.74 Å². The van der Waals surface area contributed by atoms with Gasteiger partial charge in [0.1, 0.15) is 6.10 Å². The molecular weight excluding hydrogens is 316 g/mol. The van der Waals surface area contributed by atoms with Gasteiger partial charge >= 0.3 is 0 Å². The third-order valence-corrected chi connectivity index (χ3v) is 4.18. The van der Waals surface area contributed by atoms with Crippen LogP contribution in [-0.4, -0.2) is 33.8 Å². The van der Waals surface area contributed by atoms with E-state index in [1.807, 2.05) is 54.6 Å². The summed E-state index contributed by atoms with van der Waals surface area (Å²) in [6.07, 6.45) is 1.30. The van der Waals surface area contributed by atoms with Crippen molar-refractivity contribution in [2.75, 3.05) is 11.9 Å². The second kappa shape index (κ2) is 6.86. The van der Waals surface area contributed by atoms with Crippen LogP contribution in [0.5, 0.6) is 0 Å². The van der Waals surface area contributed by atoms with E-state index in [-0.39, 0.29) is 12.0 Å². The van der Waals surface area contributed by atoms with Crippen molar-refractivity contribution in [2.45, 2.75) is 18.9 Å². The molecule has 3 aromatic rings. The van der Waals surface area contributed by atoms with Gasteiger partial charge in [0.25, 0.3) is 5.91 Å². The molecule has 0 bridgehead atoms. The van der Waals surface area contributed by atoms with Crippen molar-refractivity contribution in [3.8, 4) is 22.8 Å². The molecule has 0 spiro atoms. The minimum absolute atomic E-state index is 0.118. The number of benzene rings is 2. The quantitative estimate of drug-likeness (QED) is 0.767. The molecule has 126 valence electrons. The fourth-order valence-electron chi connectivity index (χ4n) is 2.89. The zero-order valence-corrected chi connectivity index (χ0v) is 13.6. The summed E-state index contributed by atoms with van der Waals surface area (Å²) in [7, 11) is 0. The number of hydrogen-bond acceptors (Lipinski definition) is 4. The molecule has 0 aliphatic carbocycles. The standard InChI is InChI=1S/C19H18N4O2/c24-19(16-11-6-12-25-16)20-15-10-5-4-9-14(15)18-21-17(22-23-18)13-7-2-1-3-8-13/h1-5,7-10,16H,6,11-12H2,(H,20,24)(H,21,22,23)/t16-/m0/s1. The molecule has 1 amide bonds. The van der Waals surface area contributed by atoms with Crippen molar-refractivity contribution in [3.63, 3.8) is 0 Å². The van der Waals surface area contributed by atoms with E-state index in [9.17, 15) is 4.79 Å². The maximum atomic E-state index is 12.3. The van der Waals surface area contributed by atoms with Gasteiger partial charge in [0.15, 0.2) is 11.6 Å². The molecule has 4 rings (SSSR count). The number of aromatic amines is 1. The maximum Gasteiger partial charge on any atom is 0.253 e. The molecule has 1 aliphatic rings. The Balaban J connectivity index is 1.61. The molecule has 1 aliphatic heterocycles. The number of hydrogen-bond donors (Lipinski definition) is 2. The van der Waals surface area contributed by atoms with Gasteiger partial charge in [0, 0.05) is 17.7 Å². The molecule has 2 heterocycles. The number of rotatable bonds is 4. The first kappa shape index (κ1) is 15.5. The molecule has 1 saturated heterocycles. The van der Waals surface area contributed by atoms with Crippen LogP contribution in [-0.2, 0) is 9.53 Å². The van der Waals surface area contributed by atoms with Gasteiger partial charge in [-0.15, -0.1) is 0 Å². The van der Waals surface area contributed by atoms with E-state index in [2.05, 4.69) is 20.5 Å². The lowest BCUT2D eigenvalue weighted by atomic mass is 10.1. The number of carbonyl (C=O) groups is 1. The first-order valence-corrected chi connectivity index (χ1v) is 8.31. The molecule has 1 aromatic heterocycles. The monoisotopic (exact) mass is 334 g/mol. The van der Waals surface area contributed by atoms with Crippen molar-refractivity contribution >= 4 is 11.6 Å². The van der Waals surface area contributed by atoms with Crippen molar-refractivity contribution in [1.82, 2.24) is 15.2 Å². The van der Waals surface area contributed by atoms with Gasteiger partial charge in [-0.25, -0.2) is 4.98 Å². The van der Waals surface area contributed by atoms with Gasteiger partial charge in [-0.2, -0.15) is 5.10 Å². The largest absolute Gasteiger partial charge is 0.368 e. The Labute approximate surface area is 145 Å². The molecular formula is C19H18N4O2. The fraction of sp³-hybridized carbons (Fsp3) is 0.211. The van der Waals surface area contributed by atoms with E-state index < -0.39 is 0 Å². The third-order valence-electron chi connectivity index (χ3n) is 4.18. The van der Waals surface area contributed by atoms with Crippen molar-refractivity contribution in [3.05, 3.63) is 54.6 Å². The Hall–Kier alpha value is -2.99. The minimum atomic E-state index is -0.373. The second-order valence-electron chi connectivity index (χ2n) is 5.91. The van der Waals surface area contributed by atoms with Gasteiger partial charge in [0.2, 0.25) is 0 Å². The van der Waals surface area contributed by atoms with Crippen LogP contribution in [0.3, 0.4) is 0 Å². The van der Waals surface area contributed by atoms with Crippen LogP contribution >= 0.6 is 0 Å². The third kappa shape index (κ3) is 3.29. The molecule has 0 radical (unpaired) electrons. The van der Waals surface area contributed by atoms with E-state index in [0.717, 1.165) is 24.0 Å². The van der Waals surface area contributed by atoms with E-state index in [1.165, 1.54) is 0 Å². The van der Waals surface area contributed by atoms with Gasteiger partial charge in [-0.1, -0.05) is 42.5 Å². The number of para-hydroxylation sites is 1. The molecule has 1 fully saturated rings. The zero-order chi connectivity index (χ0) is 17.1. The highest BCUT2D eigenvalue weighted by atomic mass is 16.5. The predicted octanol–water partition coefficient (Wildman–Crippen LogP) is 3.26. The van der Waals surface area contributed by atoms with Crippen LogP contribution < -0.4 is 5.32 Å². The summed E-state index contributed by atoms with van der Waals surface area (Å²) in [5, 5.41) is 10.2. The number of carbonyl (C=O) groups excluding carboxylic acids is 1. The molecule has 2 aromatic carbocycles. The number of nitrogens with zero attached hydrogens (tertiary/aromatic N) is 2. The number of amides is 1. The van der Waals surface area contributed by atoms with Crippen LogP contribution in [0.25, 0.3) is 22.8 Å². The highest BCUT2D eigenvalue weighted by Gasteiger charge is 2.24. The topological polar surface area (TPSA) is 79.9 Å². The van der Waals surface area contributed by atoms with Crippen molar-refractivity contribution in [2.24, 2.45) is 0 Å². The van der Waals surface area contributed by atoms with E-state index in [1.54, 1.807) is 0 Å². The Morgan fingerprint density at radius 2 is 1.92 bits per heavy atom. The summed E-state index contributed by atoms with van der Waals surface area (Å²) in [4.78, 5) is 16.9. The highest BCUT2D eigenvalue weighted by Crippen LogP contribution is 2.27. The summed E-state index contributed by atoms with van der Waals surface area (Å²) in [5.74, 6) is 1.12. The maximum absolute atomic E-state index is 12.3. The number of ether oxygens (including phenoxy) is 1. The lowest BCUT2D eigenvalue weighted by molar-refractivity contribution is -0.124. The van der Waals surface area contributed by atoms with Crippen molar-refractivity contribution in [1.29, 1.82) is 0 Å². The summed E-state index contributed by atoms with van der Waals surface area (Å²) in [6.45, 7) is 0.641. The molecule has 2 N–H and O–H groups in total. The normalized spacial score (nSPS) is 16.7. The highest BCUT2D eigenvalue weighted by molar-refractivity contribution is 5.97. The number of aromatic nitrogens is 3. The van der Waals surface area contributed by atoms with Crippen LogP contribution in [0.1, 0.15) is 12.8 Å². The van der Waals surface area contributed by atoms with E-state index in [0.29, 0.717) is 23.9 Å². The number of H-pyrrole nitrogens is 1. The Morgan fingerprint density at radius 3 is 2.72 bits per heavy atom. The molecule has 6 heteroatoms. The SMILES string of the molecule is O=C(Nc1ccccc1-c1nc(-c2ccccc2)n[nH]1)[C@@H]1CCCO1. The van der Waals surface area contributed by atoms with E-state index >= 15 is 0 Å². The summed E-state index contributed by atoms with van der Waals surface area (Å²) in [6, 6.07) is 17.3. The molecule has 1 atom stereocenters. The summed E-state index contributed by atoms with van der Waals surface area (Å²) < 4.78 is 5.45. The molecule has 25 heavy (non-hydrogen) atoms. The molecule has 6 nitrogen and oxygen atoms in total. The van der Waals surface area contributed by atoms with Crippen LogP contribution in [0, 0.1) is 0 Å². The summed E-state index contributed by atoms with van der Waals surface area (Å²) >= 11 is 0. The average molecular weight is 334 g/mol. The van der Waals surface area contributed by atoms with Crippen LogP contribution in [0.15, 0.2) is 54.6 Å². The van der Waals surface area contributed by atoms with Crippen LogP contribution in [0.4, 0.5) is 5.69 Å². The predicted molar refractivity (Wildman–Crippen MR) is 94.9 cm³/mol. The molecule has 0 saturated carbocycles. The second-order valence-corrected chi connectivity index (χ2v) is 5.91. The first-order chi connectivity index (χ1) is 12.3. The Kier molecular flexibility index (Phi) is 4.26. The number of nitrogens with one attached hydrogen (secondary N) is 2. The molecule has 0 unspecified atom stereocenters. The summed E-state index contributed by atoms with van der Waals surface area (Å²) in [5.41, 5.74) is 2.42. The average Bonchev–Trinajstić information content (AvgIpc) is 3.35. The Bertz CT molecular complexity index is 870. The van der Waals surface area contributed by atoms with Crippen molar-refractivity contribution < 1.29 is 9.53 Å². The zero-order valence-electron chi connectivity index (χ0n) is 13.6. The Morgan fingerprint density at radius 1 is 1.12 bits per heavy atom. The first-order valence-electron chi connectivity index (χ1n) is 8.31. The van der Waals surface area contributed by atoms with Gasteiger partial charge < -0.3 is 10.1 Å². The number of anilines is 1. The lowest BCUT2D eigenvalue weighted by Crippen LogP contribution is -2.27. The fourth-order valence-corrected chi connectivity index (χ4v) is 2.89. The van der Waals surface area contributed by atoms with Gasteiger partial charge in [-0.3, -0.25) is 9.89 Å². The lowest BCUT2D eigenvalue weighted by Gasteiger charge is -2.12. The van der Waals surface area contributed by atoms with Crippen LogP contribution in [0.2, 0.25) is 0 Å². The smallest absolute Gasteiger partial charge is 0.253 e. The van der Waals surface area contributed by atoms with Gasteiger partial charge in [0.05, 0.1) is 5.69 Å². The minimum Gasteiger partial charge on any atom is -0.368 e.